The van der Waals surface area contributed by atoms with Crippen LogP contribution in [-0.4, -0.2) is 37.0 Å². The summed E-state index contributed by atoms with van der Waals surface area (Å²) in [5.74, 6) is -0.215. The third-order valence-corrected chi connectivity index (χ3v) is 4.87. The Labute approximate surface area is 162 Å². The molecule has 144 valence electrons. The first-order valence-corrected chi connectivity index (χ1v) is 9.24. The lowest BCUT2D eigenvalue weighted by Gasteiger charge is -2.19. The summed E-state index contributed by atoms with van der Waals surface area (Å²) in [4.78, 5) is 31.3. The molecule has 2 aromatic rings. The van der Waals surface area contributed by atoms with Crippen LogP contribution in [0.1, 0.15) is 30.5 Å². The van der Waals surface area contributed by atoms with E-state index in [2.05, 4.69) is 10.5 Å². The van der Waals surface area contributed by atoms with Gasteiger partial charge in [0.05, 0.1) is 18.3 Å². The molecule has 0 bridgehead atoms. The Morgan fingerprint density at radius 2 is 2.04 bits per heavy atom. The van der Waals surface area contributed by atoms with Gasteiger partial charge in [0.1, 0.15) is 6.61 Å². The molecule has 0 saturated carbocycles. The van der Waals surface area contributed by atoms with Crippen molar-refractivity contribution in [1.82, 2.24) is 5.32 Å². The zero-order chi connectivity index (χ0) is 19.5. The number of ether oxygens (including phenoxy) is 1. The molecule has 1 N–H and O–H groups in total. The molecule has 0 unspecified atom stereocenters. The summed E-state index contributed by atoms with van der Waals surface area (Å²) in [6.45, 7) is 2.81. The van der Waals surface area contributed by atoms with Crippen molar-refractivity contribution < 1.29 is 19.2 Å². The number of benzene rings is 2. The van der Waals surface area contributed by atoms with E-state index in [0.717, 1.165) is 22.5 Å². The molecule has 2 amide bonds. The third kappa shape index (κ3) is 3.69. The van der Waals surface area contributed by atoms with Crippen molar-refractivity contribution in [1.29, 1.82) is 0 Å². The molecule has 0 spiro atoms. The summed E-state index contributed by atoms with van der Waals surface area (Å²) in [6.07, 6.45) is -0.560. The number of hydrogen-bond acceptors (Lipinski definition) is 5. The zero-order valence-corrected chi connectivity index (χ0v) is 15.5. The maximum atomic E-state index is 12.6. The molecule has 2 heterocycles. The van der Waals surface area contributed by atoms with Crippen LogP contribution in [0.5, 0.6) is 0 Å². The average Bonchev–Trinajstić information content (AvgIpc) is 3.38. The van der Waals surface area contributed by atoms with Crippen LogP contribution in [0.3, 0.4) is 0 Å². The van der Waals surface area contributed by atoms with E-state index in [-0.39, 0.29) is 18.0 Å². The molecule has 0 aliphatic carbocycles. The maximum Gasteiger partial charge on any atom is 0.414 e. The predicted octanol–water partition coefficient (Wildman–Crippen LogP) is 3.01. The summed E-state index contributed by atoms with van der Waals surface area (Å²) >= 11 is 0. The van der Waals surface area contributed by atoms with E-state index in [4.69, 9.17) is 9.57 Å². The minimum atomic E-state index is -0.644. The maximum absolute atomic E-state index is 12.6. The minimum Gasteiger partial charge on any atom is -0.447 e. The molecular weight excluding hydrogens is 358 g/mol. The molecule has 0 radical (unpaired) electrons. The second kappa shape index (κ2) is 7.72. The highest BCUT2D eigenvalue weighted by Gasteiger charge is 2.30. The summed E-state index contributed by atoms with van der Waals surface area (Å²) in [6, 6.07) is 17.0. The van der Waals surface area contributed by atoms with Crippen LogP contribution in [0, 0.1) is 0 Å². The van der Waals surface area contributed by atoms with Gasteiger partial charge in [-0.25, -0.2) is 4.79 Å². The van der Waals surface area contributed by atoms with Crippen molar-refractivity contribution in [2.75, 3.05) is 18.1 Å². The molecule has 1 saturated heterocycles. The van der Waals surface area contributed by atoms with Gasteiger partial charge in [0.15, 0.2) is 0 Å². The molecule has 2 atom stereocenters. The Bertz CT molecular complexity index is 913. The Hall–Kier alpha value is -3.35. The van der Waals surface area contributed by atoms with E-state index in [0.29, 0.717) is 19.6 Å². The third-order valence-electron chi connectivity index (χ3n) is 4.87. The van der Waals surface area contributed by atoms with Gasteiger partial charge in [-0.05, 0) is 30.2 Å². The molecule has 2 aromatic carbocycles. The summed E-state index contributed by atoms with van der Waals surface area (Å²) < 4.78 is 4.99. The van der Waals surface area contributed by atoms with Gasteiger partial charge in [0.2, 0.25) is 6.10 Å². The van der Waals surface area contributed by atoms with E-state index < -0.39 is 6.10 Å². The van der Waals surface area contributed by atoms with Crippen LogP contribution in [0.2, 0.25) is 0 Å². The lowest BCUT2D eigenvalue weighted by Crippen LogP contribution is -2.36. The average molecular weight is 379 g/mol. The molecule has 2 aliphatic rings. The Balaban J connectivity index is 1.38. The lowest BCUT2D eigenvalue weighted by atomic mass is 10.0. The number of hydrogen-bond donors (Lipinski definition) is 1. The smallest absolute Gasteiger partial charge is 0.414 e. The van der Waals surface area contributed by atoms with E-state index in [9.17, 15) is 9.59 Å². The summed E-state index contributed by atoms with van der Waals surface area (Å²) in [5, 5.41) is 7.03. The van der Waals surface area contributed by atoms with Crippen LogP contribution < -0.4 is 10.2 Å². The van der Waals surface area contributed by atoms with Gasteiger partial charge in [-0.2, -0.15) is 0 Å². The number of carbonyl (C=O) groups excluding carboxylic acids is 2. The van der Waals surface area contributed by atoms with Gasteiger partial charge in [0.25, 0.3) is 5.91 Å². The molecule has 28 heavy (non-hydrogen) atoms. The molecule has 4 rings (SSSR count). The van der Waals surface area contributed by atoms with Gasteiger partial charge in [-0.15, -0.1) is 0 Å². The quantitative estimate of drug-likeness (QED) is 0.866. The number of nitrogens with one attached hydrogen (secondary N) is 1. The standard InChI is InChI=1S/C21H21N3O4/c1-14(16-8-5-9-17(12-16)24-10-11-27-21(24)26)22-20(25)19-13-18(23-28-19)15-6-3-2-4-7-15/h2-9,12,14,19H,10-11,13H2,1H3,(H,22,25)/t14-,19+/m0/s1. The number of cyclic esters (lactones) is 1. The fourth-order valence-corrected chi connectivity index (χ4v) is 3.30. The number of anilines is 1. The lowest BCUT2D eigenvalue weighted by molar-refractivity contribution is -0.131. The first kappa shape index (κ1) is 18.0. The first-order valence-electron chi connectivity index (χ1n) is 9.24. The molecule has 2 aliphatic heterocycles. The topological polar surface area (TPSA) is 80.2 Å². The Morgan fingerprint density at radius 3 is 2.79 bits per heavy atom. The fraction of sp³-hybridized carbons (Fsp3) is 0.286. The SMILES string of the molecule is C[C@H](NC(=O)[C@H]1CC(c2ccccc2)=NO1)c1cccc(N2CCOC2=O)c1. The van der Waals surface area contributed by atoms with Crippen LogP contribution in [-0.2, 0) is 14.4 Å². The van der Waals surface area contributed by atoms with Gasteiger partial charge in [0, 0.05) is 12.1 Å². The predicted molar refractivity (Wildman–Crippen MR) is 104 cm³/mol. The van der Waals surface area contributed by atoms with Gasteiger partial charge in [-0.1, -0.05) is 47.6 Å². The molecule has 7 nitrogen and oxygen atoms in total. The number of carbonyl (C=O) groups is 2. The Kier molecular flexibility index (Phi) is 4.97. The van der Waals surface area contributed by atoms with Crippen LogP contribution >= 0.6 is 0 Å². The minimum absolute atomic E-state index is 0.215. The highest BCUT2D eigenvalue weighted by molar-refractivity contribution is 6.04. The largest absolute Gasteiger partial charge is 0.447 e. The van der Waals surface area contributed by atoms with Crippen molar-refractivity contribution in [2.24, 2.45) is 5.16 Å². The van der Waals surface area contributed by atoms with Crippen molar-refractivity contribution in [3.05, 3.63) is 65.7 Å². The molecule has 7 heteroatoms. The number of rotatable bonds is 5. The van der Waals surface area contributed by atoms with Crippen LogP contribution in [0.15, 0.2) is 59.8 Å². The van der Waals surface area contributed by atoms with Crippen LogP contribution in [0.25, 0.3) is 0 Å². The monoisotopic (exact) mass is 379 g/mol. The van der Waals surface area contributed by atoms with E-state index in [1.807, 2.05) is 61.5 Å². The van der Waals surface area contributed by atoms with E-state index >= 15 is 0 Å². The highest BCUT2D eigenvalue weighted by Crippen LogP contribution is 2.24. The normalized spacial score (nSPS) is 19.6. The number of nitrogens with zero attached hydrogens (tertiary/aromatic N) is 2. The highest BCUT2D eigenvalue weighted by atomic mass is 16.6. The van der Waals surface area contributed by atoms with Crippen LogP contribution in [0.4, 0.5) is 10.5 Å². The second-order valence-electron chi connectivity index (χ2n) is 6.79. The van der Waals surface area contributed by atoms with Gasteiger partial charge in [-0.3, -0.25) is 9.69 Å². The summed E-state index contributed by atoms with van der Waals surface area (Å²) in [7, 11) is 0. The van der Waals surface area contributed by atoms with Gasteiger partial charge < -0.3 is 14.9 Å². The fourth-order valence-electron chi connectivity index (χ4n) is 3.30. The number of oxime groups is 1. The van der Waals surface area contributed by atoms with Crippen molar-refractivity contribution in [2.45, 2.75) is 25.5 Å². The van der Waals surface area contributed by atoms with Crippen molar-refractivity contribution in [3.8, 4) is 0 Å². The Morgan fingerprint density at radius 1 is 1.21 bits per heavy atom. The molecule has 0 aromatic heterocycles. The van der Waals surface area contributed by atoms with E-state index in [1.54, 1.807) is 4.90 Å². The summed E-state index contributed by atoms with van der Waals surface area (Å²) in [5.41, 5.74) is 3.37. The van der Waals surface area contributed by atoms with Gasteiger partial charge >= 0.3 is 6.09 Å². The van der Waals surface area contributed by atoms with Crippen molar-refractivity contribution >= 4 is 23.4 Å². The molecular formula is C21H21N3O4. The first-order chi connectivity index (χ1) is 13.6. The molecule has 1 fully saturated rings. The number of amides is 2. The van der Waals surface area contributed by atoms with E-state index in [1.165, 1.54) is 0 Å². The van der Waals surface area contributed by atoms with Crippen molar-refractivity contribution in [3.63, 3.8) is 0 Å². The zero-order valence-electron chi connectivity index (χ0n) is 15.5. The second-order valence-corrected chi connectivity index (χ2v) is 6.79.